The van der Waals surface area contributed by atoms with Crippen molar-refractivity contribution in [1.82, 2.24) is 0 Å². The Morgan fingerprint density at radius 2 is 1.10 bits per heavy atom. The van der Waals surface area contributed by atoms with Gasteiger partial charge in [0.1, 0.15) is 11.5 Å². The van der Waals surface area contributed by atoms with Crippen molar-refractivity contribution < 1.29 is 19.8 Å². The predicted molar refractivity (Wildman–Crippen MR) is 123 cm³/mol. The number of ketones is 2. The first-order chi connectivity index (χ1) is 14.3. The number of phenols is 2. The predicted octanol–water partition coefficient (Wildman–Crippen LogP) is 4.82. The molecule has 0 amide bonds. The fraction of sp³-hybridized carbons (Fsp3) is 0.364. The molecule has 0 radical (unpaired) electrons. The Hall–Kier alpha value is -2.32. The van der Waals surface area contributed by atoms with Crippen LogP contribution in [0.3, 0.4) is 0 Å². The van der Waals surface area contributed by atoms with Gasteiger partial charge in [-0.05, 0) is 36.5 Å². The van der Waals surface area contributed by atoms with Crippen LogP contribution in [0, 0.1) is 0 Å². The first-order valence-electron chi connectivity index (χ1n) is 9.99. The molecule has 30 heavy (non-hydrogen) atoms. The van der Waals surface area contributed by atoms with Gasteiger partial charge in [-0.1, -0.05) is 26.7 Å². The second-order valence-corrected chi connectivity index (χ2v) is 9.45. The zero-order valence-electron chi connectivity index (χ0n) is 17.1. The molecule has 0 atom stereocenters. The van der Waals surface area contributed by atoms with Crippen LogP contribution in [0.15, 0.2) is 21.9 Å². The van der Waals surface area contributed by atoms with Crippen molar-refractivity contribution >= 4 is 46.5 Å². The summed E-state index contributed by atoms with van der Waals surface area (Å²) >= 11 is 2.87. The lowest BCUT2D eigenvalue weighted by atomic mass is 9.81. The Labute approximate surface area is 184 Å². The van der Waals surface area contributed by atoms with Crippen molar-refractivity contribution in [3.8, 4) is 11.5 Å². The van der Waals surface area contributed by atoms with Crippen molar-refractivity contribution in [3.05, 3.63) is 34.4 Å². The highest BCUT2D eigenvalue weighted by Crippen LogP contribution is 2.46. The van der Waals surface area contributed by atoms with Crippen molar-refractivity contribution in [1.29, 1.82) is 0 Å². The highest BCUT2D eigenvalue weighted by Gasteiger charge is 2.39. The quantitative estimate of drug-likeness (QED) is 0.168. The Morgan fingerprint density at radius 1 is 0.733 bits per heavy atom. The van der Waals surface area contributed by atoms with Gasteiger partial charge in [0.15, 0.2) is 5.78 Å². The molecule has 0 saturated carbocycles. The number of phenolic OH excluding ortho intramolecular Hbond substituents is 2. The minimum atomic E-state index is -0.650. The molecule has 160 valence electrons. The van der Waals surface area contributed by atoms with Crippen molar-refractivity contribution in [3.63, 3.8) is 0 Å². The minimum Gasteiger partial charge on any atom is -0.507 e. The molecule has 0 aromatic heterocycles. The number of hydrogen-bond acceptors (Lipinski definition) is 8. The number of rotatable bonds is 8. The van der Waals surface area contributed by atoms with Crippen LogP contribution < -0.4 is 11.5 Å². The topological polar surface area (TPSA) is 127 Å². The monoisotopic (exact) mass is 446 g/mol. The number of benzene rings is 2. The van der Waals surface area contributed by atoms with Gasteiger partial charge in [0.05, 0.1) is 33.6 Å². The highest BCUT2D eigenvalue weighted by molar-refractivity contribution is 7.99. The van der Waals surface area contributed by atoms with Crippen LogP contribution in [0.25, 0.3) is 0 Å². The van der Waals surface area contributed by atoms with Crippen LogP contribution in [0.2, 0.25) is 0 Å². The average Bonchev–Trinajstić information content (AvgIpc) is 2.70. The Bertz CT molecular complexity index is 944. The van der Waals surface area contributed by atoms with Crippen molar-refractivity contribution in [2.24, 2.45) is 0 Å². The summed E-state index contributed by atoms with van der Waals surface area (Å²) < 4.78 is 0. The smallest absolute Gasteiger partial charge is 0.202 e. The van der Waals surface area contributed by atoms with Crippen LogP contribution in [-0.4, -0.2) is 33.3 Å². The van der Waals surface area contributed by atoms with E-state index in [1.165, 1.54) is 35.7 Å². The molecule has 0 unspecified atom stereocenters. The van der Waals surface area contributed by atoms with Crippen LogP contribution in [0.4, 0.5) is 11.4 Å². The molecule has 0 spiro atoms. The third-order valence-electron chi connectivity index (χ3n) is 5.04. The van der Waals surface area contributed by atoms with Crippen LogP contribution >= 0.6 is 23.5 Å². The maximum Gasteiger partial charge on any atom is 0.202 e. The normalized spacial score (nSPS) is 12.7. The van der Waals surface area contributed by atoms with Gasteiger partial charge in [0.25, 0.3) is 0 Å². The van der Waals surface area contributed by atoms with E-state index in [9.17, 15) is 19.8 Å². The number of hydrogen-bond donors (Lipinski definition) is 4. The van der Waals surface area contributed by atoms with E-state index in [0.29, 0.717) is 9.79 Å². The van der Waals surface area contributed by atoms with Gasteiger partial charge in [-0.3, -0.25) is 9.59 Å². The number of thioether (sulfide) groups is 2. The summed E-state index contributed by atoms with van der Waals surface area (Å²) in [6.07, 6.45) is 3.92. The summed E-state index contributed by atoms with van der Waals surface area (Å²) in [5, 5.41) is 21.1. The third-order valence-corrected chi connectivity index (χ3v) is 7.32. The molecule has 6 nitrogen and oxygen atoms in total. The molecular weight excluding hydrogens is 420 g/mol. The van der Waals surface area contributed by atoms with Crippen molar-refractivity contribution in [2.75, 3.05) is 23.0 Å². The van der Waals surface area contributed by atoms with Gasteiger partial charge < -0.3 is 21.7 Å². The SMILES string of the molecule is CCCCSc1cc(O)c2c(c1N)C(=O)c1c(N)c(SCCCC)cc(O)c1C2=O. The number of nitrogens with two attached hydrogens (primary N) is 2. The molecule has 0 saturated heterocycles. The van der Waals surface area contributed by atoms with E-state index < -0.39 is 11.6 Å². The number of nitrogen functional groups attached to an aromatic ring is 2. The summed E-state index contributed by atoms with van der Waals surface area (Å²) in [6.45, 7) is 4.14. The molecule has 0 bridgehead atoms. The maximum absolute atomic E-state index is 13.4. The Morgan fingerprint density at radius 3 is 1.47 bits per heavy atom. The molecule has 3 rings (SSSR count). The fourth-order valence-electron chi connectivity index (χ4n) is 3.39. The van der Waals surface area contributed by atoms with Gasteiger partial charge in [-0.2, -0.15) is 0 Å². The van der Waals surface area contributed by atoms with Gasteiger partial charge >= 0.3 is 0 Å². The van der Waals surface area contributed by atoms with Gasteiger partial charge in [0.2, 0.25) is 5.78 Å². The zero-order valence-corrected chi connectivity index (χ0v) is 18.7. The van der Waals surface area contributed by atoms with Crippen LogP contribution in [0.1, 0.15) is 71.4 Å². The minimum absolute atomic E-state index is 0.0340. The number of anilines is 2. The van der Waals surface area contributed by atoms with E-state index in [2.05, 4.69) is 13.8 Å². The van der Waals surface area contributed by atoms with E-state index in [1.54, 1.807) is 0 Å². The summed E-state index contributed by atoms with van der Waals surface area (Å²) in [5.74, 6) is -0.278. The summed E-state index contributed by atoms with van der Waals surface area (Å²) in [4.78, 5) is 27.7. The van der Waals surface area contributed by atoms with Crippen LogP contribution in [0.5, 0.6) is 11.5 Å². The number of carbonyl (C=O) groups is 2. The average molecular weight is 447 g/mol. The van der Waals surface area contributed by atoms with E-state index in [4.69, 9.17) is 11.5 Å². The summed E-state index contributed by atoms with van der Waals surface area (Å²) in [6, 6.07) is 2.83. The number of carbonyl (C=O) groups excluding carboxylic acids is 2. The Kier molecular flexibility index (Phi) is 6.88. The maximum atomic E-state index is 13.4. The number of unbranched alkanes of at least 4 members (excludes halogenated alkanes) is 2. The molecule has 6 N–H and O–H groups in total. The van der Waals surface area contributed by atoms with E-state index in [0.717, 1.165) is 37.2 Å². The summed E-state index contributed by atoms with van der Waals surface area (Å²) in [7, 11) is 0. The fourth-order valence-corrected chi connectivity index (χ4v) is 5.60. The first-order valence-corrected chi connectivity index (χ1v) is 12.0. The standard InChI is InChI=1S/C22H26N2O4S2/c1-3-5-7-29-13-9-11(25)15-17(19(13)23)22(28)18-16(21(15)27)12(26)10-14(20(18)24)30-8-6-4-2/h9-10,25-26H,3-8,23-24H2,1-2H3. The second kappa shape index (κ2) is 9.22. The van der Waals surface area contributed by atoms with Crippen molar-refractivity contribution in [2.45, 2.75) is 49.3 Å². The van der Waals surface area contributed by atoms with E-state index in [-0.39, 0.29) is 45.1 Å². The molecule has 0 heterocycles. The lowest BCUT2D eigenvalue weighted by Gasteiger charge is -2.24. The first kappa shape index (κ1) is 22.4. The van der Waals surface area contributed by atoms with E-state index >= 15 is 0 Å². The molecule has 0 fully saturated rings. The Balaban J connectivity index is 2.14. The molecule has 2 aromatic rings. The highest BCUT2D eigenvalue weighted by atomic mass is 32.2. The van der Waals surface area contributed by atoms with Gasteiger partial charge in [-0.15, -0.1) is 23.5 Å². The van der Waals surface area contributed by atoms with Crippen LogP contribution in [-0.2, 0) is 0 Å². The van der Waals surface area contributed by atoms with Gasteiger partial charge in [-0.25, -0.2) is 0 Å². The summed E-state index contributed by atoms with van der Waals surface area (Å²) in [5.41, 5.74) is 12.5. The third kappa shape index (κ3) is 3.86. The molecule has 1 aliphatic rings. The second-order valence-electron chi connectivity index (χ2n) is 7.18. The zero-order chi connectivity index (χ0) is 22.0. The largest absolute Gasteiger partial charge is 0.507 e. The lowest BCUT2D eigenvalue weighted by molar-refractivity contribution is 0.0975. The molecule has 0 aliphatic heterocycles. The van der Waals surface area contributed by atoms with Gasteiger partial charge in [0, 0.05) is 9.79 Å². The molecular formula is C22H26N2O4S2. The molecule has 2 aromatic carbocycles. The number of aromatic hydroxyl groups is 2. The van der Waals surface area contributed by atoms with E-state index in [1.807, 2.05) is 0 Å². The number of fused-ring (bicyclic) bond motifs is 2. The molecule has 1 aliphatic carbocycles. The lowest BCUT2D eigenvalue weighted by Crippen LogP contribution is -2.24. The molecule has 8 heteroatoms.